The number of amides is 1. The van der Waals surface area contributed by atoms with E-state index in [1.807, 2.05) is 20.8 Å². The summed E-state index contributed by atoms with van der Waals surface area (Å²) in [6.07, 6.45) is 1.29. The Kier molecular flexibility index (Phi) is 6.03. The number of carbonyl (C=O) groups excluding carboxylic acids is 1. The smallest absolute Gasteiger partial charge is 0.331 e. The van der Waals surface area contributed by atoms with Gasteiger partial charge in [0, 0.05) is 6.54 Å². The summed E-state index contributed by atoms with van der Waals surface area (Å²) in [5.41, 5.74) is 0.538. The van der Waals surface area contributed by atoms with E-state index in [4.69, 9.17) is 4.74 Å². The van der Waals surface area contributed by atoms with E-state index < -0.39 is 12.0 Å². The molecular weight excluding hydrogens is 258 g/mol. The van der Waals surface area contributed by atoms with E-state index in [0.29, 0.717) is 30.7 Å². The molecule has 0 aliphatic carbocycles. The van der Waals surface area contributed by atoms with Gasteiger partial charge in [-0.3, -0.25) is 4.79 Å². The fraction of sp³-hybridized carbons (Fsp3) is 0.467. The highest BCUT2D eigenvalue weighted by molar-refractivity contribution is 5.78. The Morgan fingerprint density at radius 2 is 2.15 bits per heavy atom. The zero-order valence-corrected chi connectivity index (χ0v) is 12.1. The van der Waals surface area contributed by atoms with Gasteiger partial charge in [-0.2, -0.15) is 0 Å². The van der Waals surface area contributed by atoms with Crippen LogP contribution in [0.1, 0.15) is 38.8 Å². The monoisotopic (exact) mass is 279 g/mol. The third-order valence-electron chi connectivity index (χ3n) is 2.73. The van der Waals surface area contributed by atoms with E-state index in [9.17, 15) is 14.7 Å². The Labute approximate surface area is 119 Å². The van der Waals surface area contributed by atoms with Crippen molar-refractivity contribution in [3.05, 3.63) is 29.8 Å². The lowest BCUT2D eigenvalue weighted by Crippen LogP contribution is -2.33. The number of rotatable bonds is 8. The van der Waals surface area contributed by atoms with E-state index >= 15 is 0 Å². The SMILES string of the molecule is CCCN(C=O)C(C(=O)O)c1cccc(OC(C)C)c1. The Morgan fingerprint density at radius 3 is 2.65 bits per heavy atom. The fourth-order valence-electron chi connectivity index (χ4n) is 2.01. The molecule has 1 rings (SSSR count). The van der Waals surface area contributed by atoms with Crippen molar-refractivity contribution in [1.29, 1.82) is 0 Å². The van der Waals surface area contributed by atoms with Crippen LogP contribution in [0.3, 0.4) is 0 Å². The third kappa shape index (κ3) is 4.26. The molecule has 110 valence electrons. The van der Waals surface area contributed by atoms with Crippen molar-refractivity contribution in [2.45, 2.75) is 39.3 Å². The van der Waals surface area contributed by atoms with Crippen molar-refractivity contribution >= 4 is 12.4 Å². The molecule has 1 N–H and O–H groups in total. The van der Waals surface area contributed by atoms with E-state index in [1.165, 1.54) is 4.90 Å². The van der Waals surface area contributed by atoms with Crippen LogP contribution in [0.2, 0.25) is 0 Å². The maximum atomic E-state index is 11.5. The summed E-state index contributed by atoms with van der Waals surface area (Å²) >= 11 is 0. The first kappa shape index (κ1) is 16.0. The van der Waals surface area contributed by atoms with Gasteiger partial charge in [-0.25, -0.2) is 4.79 Å². The number of aliphatic carboxylic acids is 1. The van der Waals surface area contributed by atoms with E-state index in [2.05, 4.69) is 0 Å². The molecule has 1 atom stereocenters. The second kappa shape index (κ2) is 7.53. The molecule has 0 radical (unpaired) electrons. The molecule has 0 aliphatic heterocycles. The lowest BCUT2D eigenvalue weighted by molar-refractivity contribution is -0.146. The number of hydrogen-bond donors (Lipinski definition) is 1. The standard InChI is InChI=1S/C15H21NO4/c1-4-8-16(10-17)14(15(18)19)12-6-5-7-13(9-12)20-11(2)3/h5-7,9-11,14H,4,8H2,1-3H3,(H,18,19). The molecule has 0 fully saturated rings. The molecule has 1 aromatic carbocycles. The van der Waals surface area contributed by atoms with Crippen LogP contribution >= 0.6 is 0 Å². The summed E-state index contributed by atoms with van der Waals surface area (Å²) in [6, 6.07) is 5.89. The number of carboxylic acids is 1. The van der Waals surface area contributed by atoms with Gasteiger partial charge in [0.05, 0.1) is 6.10 Å². The minimum absolute atomic E-state index is 0.00587. The van der Waals surface area contributed by atoms with Gasteiger partial charge >= 0.3 is 5.97 Å². The molecule has 1 unspecified atom stereocenters. The topological polar surface area (TPSA) is 66.8 Å². The molecule has 5 heteroatoms. The van der Waals surface area contributed by atoms with Gasteiger partial charge in [0.15, 0.2) is 6.04 Å². The van der Waals surface area contributed by atoms with Gasteiger partial charge in [0.2, 0.25) is 6.41 Å². The Hall–Kier alpha value is -2.04. The minimum Gasteiger partial charge on any atom is -0.491 e. The summed E-state index contributed by atoms with van der Waals surface area (Å²) in [7, 11) is 0. The molecule has 0 bridgehead atoms. The second-order valence-corrected chi connectivity index (χ2v) is 4.82. The Morgan fingerprint density at radius 1 is 1.45 bits per heavy atom. The van der Waals surface area contributed by atoms with Crippen LogP contribution in [0, 0.1) is 0 Å². The molecule has 0 aromatic heterocycles. The molecule has 5 nitrogen and oxygen atoms in total. The zero-order chi connectivity index (χ0) is 15.1. The summed E-state index contributed by atoms with van der Waals surface area (Å²) in [5.74, 6) is -0.446. The minimum atomic E-state index is -1.05. The number of hydrogen-bond acceptors (Lipinski definition) is 3. The van der Waals surface area contributed by atoms with Gasteiger partial charge in [-0.1, -0.05) is 19.1 Å². The van der Waals surface area contributed by atoms with Crippen LogP contribution in [0.15, 0.2) is 24.3 Å². The zero-order valence-electron chi connectivity index (χ0n) is 12.1. The molecule has 0 saturated heterocycles. The molecule has 20 heavy (non-hydrogen) atoms. The Balaban J connectivity index is 3.08. The van der Waals surface area contributed by atoms with Crippen molar-refractivity contribution in [3.63, 3.8) is 0 Å². The molecule has 0 heterocycles. The first-order valence-corrected chi connectivity index (χ1v) is 6.70. The largest absolute Gasteiger partial charge is 0.491 e. The van der Waals surface area contributed by atoms with Crippen LogP contribution in [0.25, 0.3) is 0 Å². The van der Waals surface area contributed by atoms with Crippen molar-refractivity contribution in [2.24, 2.45) is 0 Å². The van der Waals surface area contributed by atoms with E-state index in [0.717, 1.165) is 0 Å². The molecule has 0 aliphatic rings. The lowest BCUT2D eigenvalue weighted by Gasteiger charge is -2.25. The van der Waals surface area contributed by atoms with Gasteiger partial charge in [0.1, 0.15) is 5.75 Å². The first-order valence-electron chi connectivity index (χ1n) is 6.70. The van der Waals surface area contributed by atoms with Gasteiger partial charge in [-0.15, -0.1) is 0 Å². The summed E-state index contributed by atoms with van der Waals surface area (Å²) in [5, 5.41) is 9.39. The number of benzene rings is 1. The predicted molar refractivity (Wildman–Crippen MR) is 75.6 cm³/mol. The van der Waals surface area contributed by atoms with Crippen molar-refractivity contribution in [2.75, 3.05) is 6.54 Å². The maximum Gasteiger partial charge on any atom is 0.331 e. The van der Waals surface area contributed by atoms with E-state index in [1.54, 1.807) is 24.3 Å². The lowest BCUT2D eigenvalue weighted by atomic mass is 10.1. The summed E-state index contributed by atoms with van der Waals surface area (Å²) in [6.45, 7) is 6.09. The number of carboxylic acid groups (broad SMARTS) is 1. The van der Waals surface area contributed by atoms with Crippen LogP contribution in [-0.2, 0) is 9.59 Å². The quantitative estimate of drug-likeness (QED) is 0.742. The highest BCUT2D eigenvalue weighted by atomic mass is 16.5. The van der Waals surface area contributed by atoms with E-state index in [-0.39, 0.29) is 6.10 Å². The molecule has 1 aromatic rings. The molecule has 1 amide bonds. The van der Waals surface area contributed by atoms with Gasteiger partial charge < -0.3 is 14.7 Å². The average Bonchev–Trinajstić information content (AvgIpc) is 2.37. The highest BCUT2D eigenvalue weighted by Crippen LogP contribution is 2.24. The van der Waals surface area contributed by atoms with Crippen LogP contribution in [-0.4, -0.2) is 35.0 Å². The molecular formula is C15H21NO4. The fourth-order valence-corrected chi connectivity index (χ4v) is 2.01. The Bertz CT molecular complexity index is 459. The summed E-state index contributed by atoms with van der Waals surface area (Å²) < 4.78 is 5.56. The van der Waals surface area contributed by atoms with Gasteiger partial charge in [-0.05, 0) is 38.0 Å². The first-order chi connectivity index (χ1) is 9.49. The van der Waals surface area contributed by atoms with Crippen LogP contribution in [0.4, 0.5) is 0 Å². The number of ether oxygens (including phenoxy) is 1. The highest BCUT2D eigenvalue weighted by Gasteiger charge is 2.26. The van der Waals surface area contributed by atoms with Crippen molar-refractivity contribution in [1.82, 2.24) is 4.90 Å². The number of nitrogens with zero attached hydrogens (tertiary/aromatic N) is 1. The third-order valence-corrected chi connectivity index (χ3v) is 2.73. The maximum absolute atomic E-state index is 11.5. The normalized spacial score (nSPS) is 12.0. The van der Waals surface area contributed by atoms with Gasteiger partial charge in [0.25, 0.3) is 0 Å². The van der Waals surface area contributed by atoms with Crippen molar-refractivity contribution in [3.8, 4) is 5.75 Å². The summed E-state index contributed by atoms with van der Waals surface area (Å²) in [4.78, 5) is 23.9. The number of carbonyl (C=O) groups is 2. The average molecular weight is 279 g/mol. The second-order valence-electron chi connectivity index (χ2n) is 4.82. The van der Waals surface area contributed by atoms with Crippen LogP contribution in [0.5, 0.6) is 5.75 Å². The molecule has 0 spiro atoms. The van der Waals surface area contributed by atoms with Crippen molar-refractivity contribution < 1.29 is 19.4 Å². The van der Waals surface area contributed by atoms with Crippen LogP contribution < -0.4 is 4.74 Å². The predicted octanol–water partition coefficient (Wildman–Crippen LogP) is 2.47. The molecule has 0 saturated carbocycles.